The zero-order valence-corrected chi connectivity index (χ0v) is 69.8. The number of fused-ring (bicyclic) bond motifs is 2. The number of ketones is 2. The number of nitrogens with zero attached hydrogens (tertiary/aromatic N) is 2. The van der Waals surface area contributed by atoms with Crippen molar-refractivity contribution < 1.29 is 177 Å². The van der Waals surface area contributed by atoms with Gasteiger partial charge in [0.25, 0.3) is 6.47 Å². The van der Waals surface area contributed by atoms with Gasteiger partial charge in [0.1, 0.15) is 0 Å². The summed E-state index contributed by atoms with van der Waals surface area (Å²) in [7, 11) is 23.1. The van der Waals surface area contributed by atoms with E-state index in [-0.39, 0.29) is 154 Å². The molecule has 8 heterocycles. The molecule has 6 atom stereocenters. The zero-order valence-electron chi connectivity index (χ0n) is 54.2. The van der Waals surface area contributed by atoms with Crippen molar-refractivity contribution in [2.45, 2.75) is 202 Å². The van der Waals surface area contributed by atoms with E-state index in [0.717, 1.165) is 84.9 Å². The van der Waals surface area contributed by atoms with Crippen molar-refractivity contribution in [3.8, 4) is 0 Å². The molecular weight excluding hydrogens is 1560 g/mol. The summed E-state index contributed by atoms with van der Waals surface area (Å²) in [6, 6.07) is 25.2. The van der Waals surface area contributed by atoms with Crippen molar-refractivity contribution in [2.75, 3.05) is 23.0 Å². The summed E-state index contributed by atoms with van der Waals surface area (Å²) in [6.45, 7) is 0.981. The molecule has 532 valence electrons. The van der Waals surface area contributed by atoms with E-state index in [2.05, 4.69) is 26.3 Å². The maximum Gasteiger partial charge on any atom is 1.00 e. The van der Waals surface area contributed by atoms with Gasteiger partial charge in [-0.3, -0.25) is 43.2 Å². The summed E-state index contributed by atoms with van der Waals surface area (Å²) in [4.78, 5) is 103. The molecule has 2 N–H and O–H groups in total. The fraction of sp³-hybridized carbons (Fsp3) is 0.554. The number of unbranched alkanes of at least 4 members (excludes halogenated alkanes) is 4. The van der Waals surface area contributed by atoms with E-state index >= 15 is 0 Å². The first-order valence-electron chi connectivity index (χ1n) is 30.6. The van der Waals surface area contributed by atoms with E-state index in [1.54, 1.807) is 48.5 Å². The number of ether oxygens (including phenoxy) is 1. The van der Waals surface area contributed by atoms with Gasteiger partial charge in [-0.25, -0.2) is 4.21 Å². The van der Waals surface area contributed by atoms with E-state index in [1.165, 1.54) is 68.0 Å². The van der Waals surface area contributed by atoms with E-state index < -0.39 is 44.9 Å². The summed E-state index contributed by atoms with van der Waals surface area (Å²) in [5, 5.41) is 28.7. The summed E-state index contributed by atoms with van der Waals surface area (Å²) in [6.07, 6.45) is 20.7. The third-order valence-corrected chi connectivity index (χ3v) is 27.3. The third-order valence-electron chi connectivity index (χ3n) is 14.9. The fourth-order valence-corrected chi connectivity index (χ4v) is 22.7. The van der Waals surface area contributed by atoms with Crippen LogP contribution in [0.15, 0.2) is 84.9 Å². The Labute approximate surface area is 711 Å². The van der Waals surface area contributed by atoms with Crippen LogP contribution in [-0.4, -0.2) is 120 Å². The maximum absolute atomic E-state index is 12.8. The number of esters is 2. The molecule has 0 bridgehead atoms. The van der Waals surface area contributed by atoms with Crippen molar-refractivity contribution in [3.05, 3.63) is 119 Å². The number of carbonyl (C=O) groups is 9. The molecule has 0 radical (unpaired) electrons. The van der Waals surface area contributed by atoms with Crippen LogP contribution >= 0.6 is 131 Å². The summed E-state index contributed by atoms with van der Waals surface area (Å²) < 4.78 is 17.9. The summed E-state index contributed by atoms with van der Waals surface area (Å²) in [5.41, 5.74) is 3.87. The van der Waals surface area contributed by atoms with Gasteiger partial charge in [-0.2, -0.15) is 0 Å². The standard InChI is InChI=1S/C23H25NO4S2.C15H13NO3.2C8H13ClOS2.C8H14O2S2.CH2O3.2CH4.Cl2OS.2K.H/c25-21(9-5-4-8-17-13-15-29-30-17)28-23(27)18-12-14-24-19(18)10-11-20(24)22(26)16-6-2-1-3-7-16;17-14(10-4-2-1-3-5-10)13-7-6-12-11(15(18)19)8-9-16(12)13;3*9-8(10)4-2-1-3-7-5-6-11-12-7;2-1-4-3;;;1-4(2)3;;;/h1-3,6-7,10-11,17-18H,4-5,8-9,12-15H2;1-7,11H,8-9H2,(H,18,19);2*7H,1-6H2;7H,1-6H2,(H,9,10);1,3H;2*1H4;;;;/q;;;;;;;;;2*+1;-1/p-1/t17-,18?;;3*7-;;;;;;;/m1.111......./s1. The van der Waals surface area contributed by atoms with Gasteiger partial charge in [-0.15, -0.1) is 0 Å². The number of carboxylic acid groups (broad SMARTS) is 2. The second-order valence-corrected chi connectivity index (χ2v) is 36.1. The summed E-state index contributed by atoms with van der Waals surface area (Å²) >= 11 is 10.4. The van der Waals surface area contributed by atoms with Gasteiger partial charge in [0.2, 0.25) is 31.3 Å². The molecule has 0 spiro atoms. The molecule has 0 aliphatic carbocycles. The van der Waals surface area contributed by atoms with Crippen LogP contribution in [0.1, 0.15) is 213 Å². The first kappa shape index (κ1) is 97.6. The number of carboxylic acids is 2. The molecule has 32 heteroatoms. The third kappa shape index (κ3) is 40.8. The Bertz CT molecular complexity index is 2880. The number of hydrogen-bond donors (Lipinski definition) is 2. The molecule has 2 unspecified atom stereocenters. The Morgan fingerprint density at radius 1 is 0.526 bits per heavy atom. The first-order chi connectivity index (χ1) is 44.8. The van der Waals surface area contributed by atoms with E-state index in [0.29, 0.717) is 73.0 Å². The van der Waals surface area contributed by atoms with Gasteiger partial charge in [0.15, 0.2) is 0 Å². The largest absolute Gasteiger partial charge is 1.00 e. The molecule has 97 heavy (non-hydrogen) atoms. The smallest absolute Gasteiger partial charge is 1.00 e. The number of rotatable bonds is 27. The predicted octanol–water partition coefficient (Wildman–Crippen LogP) is 11.9. The molecule has 2 aromatic carbocycles. The predicted molar refractivity (Wildman–Crippen MR) is 401 cm³/mol. The number of halogens is 4. The Morgan fingerprint density at radius 3 is 1.16 bits per heavy atom. The quantitative estimate of drug-likeness (QED) is 0.00537. The van der Waals surface area contributed by atoms with Crippen LogP contribution in [0.5, 0.6) is 0 Å². The monoisotopic (exact) mass is 1640 g/mol. The van der Waals surface area contributed by atoms with Crippen LogP contribution in [-0.2, 0) is 65.5 Å². The second kappa shape index (κ2) is 58.7. The molecule has 0 saturated carbocycles. The molecule has 4 aromatic rings. The Morgan fingerprint density at radius 2 is 0.856 bits per heavy atom. The van der Waals surface area contributed by atoms with E-state index in [4.69, 9.17) is 52.4 Å². The average molecular weight is 1650 g/mol. The van der Waals surface area contributed by atoms with Crippen LogP contribution in [0.25, 0.3) is 0 Å². The molecule has 2 aromatic heterocycles. The number of aliphatic carboxylic acids is 2. The van der Waals surface area contributed by atoms with Crippen LogP contribution in [0, 0.1) is 0 Å². The van der Waals surface area contributed by atoms with Crippen LogP contribution in [0.3, 0.4) is 0 Å². The minimum absolute atomic E-state index is 0. The number of benzene rings is 2. The van der Waals surface area contributed by atoms with Crippen molar-refractivity contribution in [2.24, 2.45) is 0 Å². The van der Waals surface area contributed by atoms with Crippen LogP contribution in [0.2, 0.25) is 0 Å². The molecule has 17 nitrogen and oxygen atoms in total. The summed E-state index contributed by atoms with van der Waals surface area (Å²) in [5.74, 6) is 1.55. The second-order valence-electron chi connectivity index (χ2n) is 21.6. The van der Waals surface area contributed by atoms with Gasteiger partial charge in [0, 0.05) is 127 Å². The molecule has 10 rings (SSSR count). The fourth-order valence-electron chi connectivity index (χ4n) is 10.3. The van der Waals surface area contributed by atoms with Gasteiger partial charge in [0.05, 0.1) is 23.2 Å². The van der Waals surface area contributed by atoms with Gasteiger partial charge in [-0.1, -0.05) is 188 Å². The topological polar surface area (TPSA) is 263 Å². The van der Waals surface area contributed by atoms with Gasteiger partial charge in [-0.05, 0) is 137 Å². The molecule has 0 amide bonds. The van der Waals surface area contributed by atoms with Crippen molar-refractivity contribution >= 4 is 193 Å². The van der Waals surface area contributed by atoms with Crippen molar-refractivity contribution in [1.29, 1.82) is 0 Å². The molecule has 4 fully saturated rings. The van der Waals surface area contributed by atoms with Gasteiger partial charge >= 0.3 is 127 Å². The maximum atomic E-state index is 12.8. The molecule has 6 aliphatic heterocycles. The van der Waals surface area contributed by atoms with E-state index in [1.807, 2.05) is 132 Å². The van der Waals surface area contributed by atoms with E-state index in [9.17, 15) is 38.4 Å². The number of aromatic nitrogens is 2. The zero-order chi connectivity index (χ0) is 67.8. The minimum Gasteiger partial charge on any atom is -1.00 e. The normalized spacial score (nSPS) is 18.7. The minimum atomic E-state index is -1.67. The Hall–Kier alpha value is 0.573. The molecular formula is C65H88Cl4K2N2O15S9. The average Bonchev–Trinajstić information content (AvgIpc) is 1.64. The number of carbonyl (C=O) groups excluding carboxylic acids is 7. The van der Waals surface area contributed by atoms with Crippen molar-refractivity contribution in [1.82, 2.24) is 9.13 Å². The molecule has 6 aliphatic rings. The molecule has 4 saturated heterocycles. The first-order valence-corrected chi connectivity index (χ1v) is 43.7. The SMILES string of the molecule is C.C.O=C(CCCC[C@@H]1CCSS1)OC(=O)C1CCn2c(C(=O)c3ccccc3)ccc21.O=C(Cl)CCCC[C@@H]1CCSS1.O=C(Cl)CCCC[C@@H]1CCSS1.O=C(O)CCCC[C@@H]1CCSS1.O=C(c1ccccc1)c1ccc2n1CCC2C(=O)O.O=CO[O-].O=S(Cl)Cl.[H-].[K+].[K+]. The number of hydrogen-bond acceptors (Lipinski definition) is 21. The van der Waals surface area contributed by atoms with Crippen molar-refractivity contribution in [3.63, 3.8) is 0 Å². The van der Waals surface area contributed by atoms with Crippen LogP contribution < -0.4 is 108 Å². The Kier molecular flexibility index (Phi) is 59.1. The Balaban J connectivity index is 0. The van der Waals surface area contributed by atoms with Crippen LogP contribution in [0.4, 0.5) is 0 Å². The van der Waals surface area contributed by atoms with Gasteiger partial charge < -0.3 is 35.7 Å².